The number of likely N-dealkylation sites (tertiary alicyclic amines) is 1. The molecule has 1 saturated heterocycles. The summed E-state index contributed by atoms with van der Waals surface area (Å²) in [5.74, 6) is 0.460. The average Bonchev–Trinajstić information content (AvgIpc) is 3.05. The van der Waals surface area contributed by atoms with E-state index in [1.54, 1.807) is 0 Å². The lowest BCUT2D eigenvalue weighted by molar-refractivity contribution is 0.293. The molecule has 0 unspecified atom stereocenters. The lowest BCUT2D eigenvalue weighted by Gasteiger charge is -2.37. The van der Waals surface area contributed by atoms with Gasteiger partial charge in [0.25, 0.3) is 0 Å². The molecule has 3 rings (SSSR count). The van der Waals surface area contributed by atoms with Crippen molar-refractivity contribution < 1.29 is 0 Å². The number of benzene rings is 2. The molecule has 0 bridgehead atoms. The number of nitrogens with two attached hydrogens (primary N) is 1. The standard InChI is InChI=1S/C19H24N2/c1-2-21-14-13-18(15-21)19(20,16-9-5-3-6-10-16)17-11-7-4-8-12-17/h3-12,18H,2,13-15,20H2,1H3/t18-/m1/s1. The van der Waals surface area contributed by atoms with Gasteiger partial charge in [-0.25, -0.2) is 0 Å². The molecule has 1 aliphatic heterocycles. The third-order valence-electron chi connectivity index (χ3n) is 4.87. The average molecular weight is 280 g/mol. The van der Waals surface area contributed by atoms with Gasteiger partial charge in [0.2, 0.25) is 0 Å². The van der Waals surface area contributed by atoms with Gasteiger partial charge in [-0.05, 0) is 36.6 Å². The Kier molecular flexibility index (Phi) is 4.09. The molecule has 1 atom stereocenters. The maximum absolute atomic E-state index is 7.04. The predicted octanol–water partition coefficient (Wildman–Crippen LogP) is 3.23. The zero-order valence-corrected chi connectivity index (χ0v) is 12.7. The molecule has 2 heteroatoms. The van der Waals surface area contributed by atoms with Crippen molar-refractivity contribution in [2.75, 3.05) is 19.6 Å². The summed E-state index contributed by atoms with van der Waals surface area (Å²) in [4.78, 5) is 2.50. The highest BCUT2D eigenvalue weighted by Gasteiger charge is 2.41. The van der Waals surface area contributed by atoms with E-state index >= 15 is 0 Å². The van der Waals surface area contributed by atoms with Gasteiger partial charge in [0.1, 0.15) is 0 Å². The summed E-state index contributed by atoms with van der Waals surface area (Å²) < 4.78 is 0. The minimum absolute atomic E-state index is 0.396. The number of hydrogen-bond acceptors (Lipinski definition) is 2. The van der Waals surface area contributed by atoms with Crippen LogP contribution in [0.3, 0.4) is 0 Å². The second kappa shape index (κ2) is 6.00. The van der Waals surface area contributed by atoms with Crippen LogP contribution >= 0.6 is 0 Å². The molecule has 1 fully saturated rings. The second-order valence-electron chi connectivity index (χ2n) is 5.98. The second-order valence-corrected chi connectivity index (χ2v) is 5.98. The number of nitrogens with zero attached hydrogens (tertiary/aromatic N) is 1. The van der Waals surface area contributed by atoms with Crippen molar-refractivity contribution in [3.05, 3.63) is 71.8 Å². The predicted molar refractivity (Wildman–Crippen MR) is 88.1 cm³/mol. The summed E-state index contributed by atoms with van der Waals surface area (Å²) in [5, 5.41) is 0. The molecule has 2 aromatic rings. The monoisotopic (exact) mass is 280 g/mol. The zero-order chi connectivity index (χ0) is 14.7. The molecule has 0 spiro atoms. The van der Waals surface area contributed by atoms with E-state index in [0.29, 0.717) is 5.92 Å². The molecule has 21 heavy (non-hydrogen) atoms. The fourth-order valence-electron chi connectivity index (χ4n) is 3.56. The molecule has 0 aromatic heterocycles. The van der Waals surface area contributed by atoms with E-state index < -0.39 is 5.54 Å². The molecule has 0 radical (unpaired) electrons. The first-order valence-corrected chi connectivity index (χ1v) is 7.87. The zero-order valence-electron chi connectivity index (χ0n) is 12.7. The first-order valence-electron chi connectivity index (χ1n) is 7.87. The molecule has 110 valence electrons. The molecule has 0 aliphatic carbocycles. The maximum Gasteiger partial charge on any atom is 0.0706 e. The summed E-state index contributed by atoms with van der Waals surface area (Å²) in [6, 6.07) is 21.1. The van der Waals surface area contributed by atoms with Crippen molar-refractivity contribution in [3.8, 4) is 0 Å². The van der Waals surface area contributed by atoms with E-state index in [0.717, 1.165) is 26.1 Å². The Morgan fingerprint density at radius 1 is 1.00 bits per heavy atom. The van der Waals surface area contributed by atoms with Crippen molar-refractivity contribution in [2.24, 2.45) is 11.7 Å². The largest absolute Gasteiger partial charge is 0.317 e. The molecule has 1 heterocycles. The van der Waals surface area contributed by atoms with E-state index in [1.165, 1.54) is 11.1 Å². The molecule has 2 aromatic carbocycles. The Balaban J connectivity index is 2.04. The minimum atomic E-state index is -0.396. The van der Waals surface area contributed by atoms with Crippen molar-refractivity contribution in [1.29, 1.82) is 0 Å². The minimum Gasteiger partial charge on any atom is -0.317 e. The van der Waals surface area contributed by atoms with Crippen LogP contribution in [0.15, 0.2) is 60.7 Å². The van der Waals surface area contributed by atoms with E-state index in [1.807, 2.05) is 0 Å². The summed E-state index contributed by atoms with van der Waals surface area (Å²) >= 11 is 0. The highest BCUT2D eigenvalue weighted by atomic mass is 15.1. The topological polar surface area (TPSA) is 29.3 Å². The molecular formula is C19H24N2. The van der Waals surface area contributed by atoms with Crippen molar-refractivity contribution >= 4 is 0 Å². The van der Waals surface area contributed by atoms with Crippen LogP contribution in [0.25, 0.3) is 0 Å². The van der Waals surface area contributed by atoms with Crippen LogP contribution in [0.4, 0.5) is 0 Å². The van der Waals surface area contributed by atoms with Gasteiger partial charge in [0, 0.05) is 6.54 Å². The van der Waals surface area contributed by atoms with Gasteiger partial charge in [-0.15, -0.1) is 0 Å². The fourth-order valence-corrected chi connectivity index (χ4v) is 3.56. The molecule has 2 N–H and O–H groups in total. The lowest BCUT2D eigenvalue weighted by atomic mass is 9.73. The Morgan fingerprint density at radius 3 is 1.95 bits per heavy atom. The van der Waals surface area contributed by atoms with Crippen LogP contribution in [0.1, 0.15) is 24.5 Å². The van der Waals surface area contributed by atoms with Crippen LogP contribution in [0, 0.1) is 5.92 Å². The van der Waals surface area contributed by atoms with E-state index in [4.69, 9.17) is 5.73 Å². The first-order chi connectivity index (χ1) is 10.2. The third-order valence-corrected chi connectivity index (χ3v) is 4.87. The highest BCUT2D eigenvalue weighted by molar-refractivity contribution is 5.39. The van der Waals surface area contributed by atoms with Gasteiger partial charge >= 0.3 is 0 Å². The van der Waals surface area contributed by atoms with Crippen LogP contribution in [-0.2, 0) is 5.54 Å². The van der Waals surface area contributed by atoms with Crippen LogP contribution < -0.4 is 5.73 Å². The summed E-state index contributed by atoms with van der Waals surface area (Å²) in [6.07, 6.45) is 1.16. The van der Waals surface area contributed by atoms with Gasteiger partial charge in [-0.2, -0.15) is 0 Å². The SMILES string of the molecule is CCN1CC[C@@H](C(N)(c2ccccc2)c2ccccc2)C1. The Labute approximate surface area is 127 Å². The molecule has 0 saturated carbocycles. The summed E-state index contributed by atoms with van der Waals surface area (Å²) in [5.41, 5.74) is 9.08. The van der Waals surface area contributed by atoms with Crippen LogP contribution in [0.2, 0.25) is 0 Å². The summed E-state index contributed by atoms with van der Waals surface area (Å²) in [7, 11) is 0. The third kappa shape index (κ3) is 2.61. The Hall–Kier alpha value is -1.64. The molecule has 0 amide bonds. The van der Waals surface area contributed by atoms with Gasteiger partial charge < -0.3 is 10.6 Å². The van der Waals surface area contributed by atoms with Gasteiger partial charge in [0.05, 0.1) is 5.54 Å². The van der Waals surface area contributed by atoms with Crippen molar-refractivity contribution in [2.45, 2.75) is 18.9 Å². The van der Waals surface area contributed by atoms with Crippen molar-refractivity contribution in [3.63, 3.8) is 0 Å². The Bertz CT molecular complexity index is 525. The maximum atomic E-state index is 7.04. The van der Waals surface area contributed by atoms with Gasteiger partial charge in [-0.3, -0.25) is 0 Å². The molecule has 1 aliphatic rings. The van der Waals surface area contributed by atoms with Crippen molar-refractivity contribution in [1.82, 2.24) is 4.90 Å². The van der Waals surface area contributed by atoms with Crippen LogP contribution in [-0.4, -0.2) is 24.5 Å². The number of rotatable bonds is 4. The Morgan fingerprint density at radius 2 is 1.52 bits per heavy atom. The van der Waals surface area contributed by atoms with Gasteiger partial charge in [-0.1, -0.05) is 67.6 Å². The van der Waals surface area contributed by atoms with E-state index in [-0.39, 0.29) is 0 Å². The normalized spacial score (nSPS) is 19.8. The lowest BCUT2D eigenvalue weighted by Crippen LogP contribution is -2.46. The fraction of sp³-hybridized carbons (Fsp3) is 0.368. The highest BCUT2D eigenvalue weighted by Crippen LogP contribution is 2.39. The first kappa shape index (κ1) is 14.3. The van der Waals surface area contributed by atoms with E-state index in [9.17, 15) is 0 Å². The summed E-state index contributed by atoms with van der Waals surface area (Å²) in [6.45, 7) is 5.57. The van der Waals surface area contributed by atoms with Gasteiger partial charge in [0.15, 0.2) is 0 Å². The molecule has 2 nitrogen and oxygen atoms in total. The van der Waals surface area contributed by atoms with E-state index in [2.05, 4.69) is 72.5 Å². The number of hydrogen-bond donors (Lipinski definition) is 1. The molecular weight excluding hydrogens is 256 g/mol. The quantitative estimate of drug-likeness (QED) is 0.931. The van der Waals surface area contributed by atoms with Crippen LogP contribution in [0.5, 0.6) is 0 Å². The smallest absolute Gasteiger partial charge is 0.0706 e.